The summed E-state index contributed by atoms with van der Waals surface area (Å²) < 4.78 is 5.09. The highest BCUT2D eigenvalue weighted by molar-refractivity contribution is 6.33. The van der Waals surface area contributed by atoms with E-state index in [2.05, 4.69) is 5.32 Å². The van der Waals surface area contributed by atoms with Crippen LogP contribution < -0.4 is 5.32 Å². The number of amides is 3. The van der Waals surface area contributed by atoms with Crippen LogP contribution in [0.2, 0.25) is 5.02 Å². The number of piperazine rings is 1. The van der Waals surface area contributed by atoms with Crippen LogP contribution >= 0.6 is 11.6 Å². The number of esters is 1. The highest BCUT2D eigenvalue weighted by Gasteiger charge is 2.24. The van der Waals surface area contributed by atoms with Crippen LogP contribution in [0, 0.1) is 0 Å². The van der Waals surface area contributed by atoms with Crippen LogP contribution in [-0.2, 0) is 23.9 Å². The van der Waals surface area contributed by atoms with Crippen molar-refractivity contribution in [2.45, 2.75) is 32.8 Å². The Morgan fingerprint density at radius 2 is 1.68 bits per heavy atom. The largest absolute Gasteiger partial charge is 0.453 e. The van der Waals surface area contributed by atoms with Crippen LogP contribution in [0.25, 0.3) is 0 Å². The van der Waals surface area contributed by atoms with Crippen molar-refractivity contribution >= 4 is 41.0 Å². The molecule has 1 fully saturated rings. The molecule has 8 nitrogen and oxygen atoms in total. The number of anilines is 1. The second-order valence-electron chi connectivity index (χ2n) is 6.49. The summed E-state index contributed by atoms with van der Waals surface area (Å²) in [6.07, 6.45) is -1.13. The molecule has 0 spiro atoms. The minimum Gasteiger partial charge on any atom is -0.453 e. The van der Waals surface area contributed by atoms with Gasteiger partial charge >= 0.3 is 5.97 Å². The first-order valence-electron chi connectivity index (χ1n) is 9.06. The van der Waals surface area contributed by atoms with Gasteiger partial charge in [-0.25, -0.2) is 0 Å². The van der Waals surface area contributed by atoms with E-state index in [1.54, 1.807) is 34.1 Å². The van der Waals surface area contributed by atoms with Crippen LogP contribution in [0.3, 0.4) is 0 Å². The fraction of sp³-hybridized carbons (Fsp3) is 0.474. The third kappa shape index (κ3) is 6.23. The summed E-state index contributed by atoms with van der Waals surface area (Å²) in [7, 11) is 0. The highest BCUT2D eigenvalue weighted by Crippen LogP contribution is 2.20. The number of rotatable bonds is 6. The Hall–Kier alpha value is -2.61. The van der Waals surface area contributed by atoms with E-state index in [0.29, 0.717) is 36.9 Å². The zero-order chi connectivity index (χ0) is 20.7. The van der Waals surface area contributed by atoms with Crippen LogP contribution in [-0.4, -0.2) is 65.8 Å². The van der Waals surface area contributed by atoms with Crippen molar-refractivity contribution in [3.63, 3.8) is 0 Å². The van der Waals surface area contributed by atoms with Gasteiger partial charge in [0.05, 0.1) is 17.1 Å². The minimum absolute atomic E-state index is 0.00222. The van der Waals surface area contributed by atoms with Gasteiger partial charge in [0, 0.05) is 39.5 Å². The molecule has 1 N–H and O–H groups in total. The first kappa shape index (κ1) is 21.7. The Bertz CT molecular complexity index is 747. The molecule has 152 valence electrons. The zero-order valence-electron chi connectivity index (χ0n) is 15.9. The average Bonchev–Trinajstić information content (AvgIpc) is 2.67. The summed E-state index contributed by atoms with van der Waals surface area (Å²) in [4.78, 5) is 50.9. The van der Waals surface area contributed by atoms with E-state index in [4.69, 9.17) is 16.3 Å². The monoisotopic (exact) mass is 409 g/mol. The molecule has 0 unspecified atom stereocenters. The number of hydrogen-bond donors (Lipinski definition) is 1. The molecule has 1 heterocycles. The molecule has 0 saturated carbocycles. The first-order valence-corrected chi connectivity index (χ1v) is 9.44. The van der Waals surface area contributed by atoms with Crippen molar-refractivity contribution in [1.82, 2.24) is 9.80 Å². The number of para-hydroxylation sites is 1. The molecular weight excluding hydrogens is 386 g/mol. The smallest absolute Gasteiger partial charge is 0.307 e. The molecule has 1 aliphatic heterocycles. The Labute approximate surface area is 168 Å². The first-order chi connectivity index (χ1) is 13.3. The number of ether oxygens (including phenoxy) is 1. The number of nitrogens with zero attached hydrogens (tertiary/aromatic N) is 2. The van der Waals surface area contributed by atoms with Gasteiger partial charge in [-0.1, -0.05) is 23.7 Å². The lowest BCUT2D eigenvalue weighted by atomic mass is 10.2. The van der Waals surface area contributed by atoms with Crippen LogP contribution in [0.1, 0.15) is 26.7 Å². The Balaban J connectivity index is 1.73. The summed E-state index contributed by atoms with van der Waals surface area (Å²) >= 11 is 5.98. The molecule has 0 radical (unpaired) electrons. The van der Waals surface area contributed by atoms with E-state index in [0.717, 1.165) is 0 Å². The molecule has 1 aromatic carbocycles. The molecule has 28 heavy (non-hydrogen) atoms. The van der Waals surface area contributed by atoms with Crippen molar-refractivity contribution in [3.8, 4) is 0 Å². The molecule has 3 amide bonds. The maximum absolute atomic E-state index is 12.2. The van der Waals surface area contributed by atoms with Crippen molar-refractivity contribution in [2.75, 3.05) is 31.5 Å². The molecule has 0 aliphatic carbocycles. The second-order valence-corrected chi connectivity index (χ2v) is 6.90. The fourth-order valence-electron chi connectivity index (χ4n) is 2.74. The van der Waals surface area contributed by atoms with Gasteiger partial charge in [0.25, 0.3) is 5.91 Å². The maximum atomic E-state index is 12.2. The molecule has 0 bridgehead atoms. The highest BCUT2D eigenvalue weighted by atomic mass is 35.5. The standard InChI is InChI=1S/C19H24ClN3O5/c1-13(19(27)21-16-6-4-3-5-15(16)20)28-18(26)8-7-17(25)23-11-9-22(10-12-23)14(2)24/h3-6,13H,7-12H2,1-2H3,(H,21,27)/t13-/m1/s1. The van der Waals surface area contributed by atoms with Gasteiger partial charge in [0.2, 0.25) is 11.8 Å². The number of halogens is 1. The summed E-state index contributed by atoms with van der Waals surface area (Å²) in [5, 5.41) is 2.97. The van der Waals surface area contributed by atoms with Crippen molar-refractivity contribution in [2.24, 2.45) is 0 Å². The predicted octanol–water partition coefficient (Wildman–Crippen LogP) is 1.68. The van der Waals surface area contributed by atoms with Crippen LogP contribution in [0.15, 0.2) is 24.3 Å². The lowest BCUT2D eigenvalue weighted by molar-refractivity contribution is -0.154. The lowest BCUT2D eigenvalue weighted by Crippen LogP contribution is -2.50. The SMILES string of the molecule is CC(=O)N1CCN(C(=O)CCC(=O)O[C@H](C)C(=O)Nc2ccccc2Cl)CC1. The molecule has 1 aromatic rings. The van der Waals surface area contributed by atoms with Gasteiger partial charge in [0.1, 0.15) is 0 Å². The zero-order valence-corrected chi connectivity index (χ0v) is 16.7. The van der Waals surface area contributed by atoms with Crippen LogP contribution in [0.5, 0.6) is 0 Å². The molecule has 0 aromatic heterocycles. The maximum Gasteiger partial charge on any atom is 0.307 e. The summed E-state index contributed by atoms with van der Waals surface area (Å²) in [6, 6.07) is 6.73. The predicted molar refractivity (Wildman–Crippen MR) is 104 cm³/mol. The van der Waals surface area contributed by atoms with Crippen molar-refractivity contribution < 1.29 is 23.9 Å². The number of nitrogens with one attached hydrogen (secondary N) is 1. The van der Waals surface area contributed by atoms with Gasteiger partial charge in [-0.3, -0.25) is 19.2 Å². The van der Waals surface area contributed by atoms with Gasteiger partial charge in [0.15, 0.2) is 6.10 Å². The van der Waals surface area contributed by atoms with E-state index in [9.17, 15) is 19.2 Å². The Morgan fingerprint density at radius 1 is 1.07 bits per heavy atom. The minimum atomic E-state index is -1.02. The van der Waals surface area contributed by atoms with E-state index in [-0.39, 0.29) is 24.7 Å². The van der Waals surface area contributed by atoms with Crippen LogP contribution in [0.4, 0.5) is 5.69 Å². The third-order valence-corrected chi connectivity index (χ3v) is 4.76. The van der Waals surface area contributed by atoms with E-state index >= 15 is 0 Å². The molecule has 1 saturated heterocycles. The summed E-state index contributed by atoms with van der Waals surface area (Å²) in [5.41, 5.74) is 0.428. The lowest BCUT2D eigenvalue weighted by Gasteiger charge is -2.34. The van der Waals surface area contributed by atoms with Gasteiger partial charge < -0.3 is 19.9 Å². The topological polar surface area (TPSA) is 96.0 Å². The third-order valence-electron chi connectivity index (χ3n) is 4.43. The van der Waals surface area contributed by atoms with E-state index < -0.39 is 18.0 Å². The number of carbonyl (C=O) groups is 4. The summed E-state index contributed by atoms with van der Waals surface area (Å²) in [6.45, 7) is 4.83. The fourth-order valence-corrected chi connectivity index (χ4v) is 2.93. The number of hydrogen-bond acceptors (Lipinski definition) is 5. The molecule has 1 aliphatic rings. The normalized spacial score (nSPS) is 15.0. The number of benzene rings is 1. The van der Waals surface area contributed by atoms with Crippen molar-refractivity contribution in [3.05, 3.63) is 29.3 Å². The van der Waals surface area contributed by atoms with Gasteiger partial charge in [-0.15, -0.1) is 0 Å². The molecule has 1 atom stereocenters. The quantitative estimate of drug-likeness (QED) is 0.721. The average molecular weight is 410 g/mol. The second kappa shape index (κ2) is 10.1. The Morgan fingerprint density at radius 3 is 2.29 bits per heavy atom. The molecule has 9 heteroatoms. The van der Waals surface area contributed by atoms with Crippen molar-refractivity contribution in [1.29, 1.82) is 0 Å². The molecule has 2 rings (SSSR count). The van der Waals surface area contributed by atoms with E-state index in [1.807, 2.05) is 0 Å². The molecular formula is C19H24ClN3O5. The number of carbonyl (C=O) groups excluding carboxylic acids is 4. The summed E-state index contributed by atoms with van der Waals surface area (Å²) in [5.74, 6) is -1.32. The van der Waals surface area contributed by atoms with Gasteiger partial charge in [-0.2, -0.15) is 0 Å². The van der Waals surface area contributed by atoms with Gasteiger partial charge in [-0.05, 0) is 19.1 Å². The van der Waals surface area contributed by atoms with E-state index in [1.165, 1.54) is 13.8 Å². The Kier molecular flexibility index (Phi) is 7.80.